The molecule has 17 rings (SSSR count). The Hall–Kier alpha value is -9.78. The van der Waals surface area contributed by atoms with Gasteiger partial charge in [0.2, 0.25) is 0 Å². The molecule has 0 saturated carbocycles. The molecule has 0 radical (unpaired) electrons. The highest BCUT2D eigenvalue weighted by Crippen LogP contribution is 2.57. The van der Waals surface area contributed by atoms with E-state index in [4.69, 9.17) is 13.3 Å². The predicted molar refractivity (Wildman–Crippen MR) is 319 cm³/mol. The molecule has 16 aromatic rings. The van der Waals surface area contributed by atoms with E-state index in [9.17, 15) is 0 Å². The zero-order chi connectivity index (χ0) is 51.0. The number of hydrogen-bond donors (Lipinski definition) is 0. The Bertz CT molecular complexity index is 5160. The molecule has 0 fully saturated rings. The van der Waals surface area contributed by atoms with E-state index < -0.39 is 0 Å². The van der Waals surface area contributed by atoms with Crippen LogP contribution in [0.4, 0.5) is 34.1 Å². The van der Waals surface area contributed by atoms with Crippen molar-refractivity contribution in [3.8, 4) is 11.3 Å². The summed E-state index contributed by atoms with van der Waals surface area (Å²) in [6.45, 7) is 9.06. The van der Waals surface area contributed by atoms with Gasteiger partial charge in [-0.05, 0) is 138 Å². The Labute approximate surface area is 442 Å². The van der Waals surface area contributed by atoms with Crippen LogP contribution in [-0.2, 0) is 5.41 Å². The van der Waals surface area contributed by atoms with E-state index in [1.54, 1.807) is 0 Å². The summed E-state index contributed by atoms with van der Waals surface area (Å²) in [5, 5.41) is 12.5. The number of aromatic nitrogens is 1. The number of benzene rings is 11. The summed E-state index contributed by atoms with van der Waals surface area (Å²) in [5.41, 5.74) is 20.7. The molecule has 0 amide bonds. The Morgan fingerprint density at radius 2 is 0.831 bits per heavy atom. The minimum Gasteiger partial charge on any atom is -0.454 e. The van der Waals surface area contributed by atoms with Gasteiger partial charge in [-0.3, -0.25) is 0 Å². The van der Waals surface area contributed by atoms with Crippen molar-refractivity contribution in [3.63, 3.8) is 0 Å². The van der Waals surface area contributed by atoms with E-state index in [1.807, 2.05) is 0 Å². The van der Waals surface area contributed by atoms with Gasteiger partial charge >= 0.3 is 0 Å². The van der Waals surface area contributed by atoms with Gasteiger partial charge in [0.1, 0.15) is 22.3 Å². The van der Waals surface area contributed by atoms with Crippen LogP contribution in [0.3, 0.4) is 0 Å². The third kappa shape index (κ3) is 5.84. The van der Waals surface area contributed by atoms with Gasteiger partial charge in [-0.2, -0.15) is 0 Å². The number of nitrogens with zero attached hydrogens (tertiary/aromatic N) is 3. The molecule has 0 spiro atoms. The van der Waals surface area contributed by atoms with Gasteiger partial charge in [0, 0.05) is 71.8 Å². The van der Waals surface area contributed by atoms with Crippen LogP contribution in [0.25, 0.3) is 115 Å². The Kier molecular flexibility index (Phi) is 8.39. The molecule has 5 aromatic heterocycles. The molecule has 0 unspecified atom stereocenters. The van der Waals surface area contributed by atoms with Crippen molar-refractivity contribution in [2.24, 2.45) is 0 Å². The zero-order valence-electron chi connectivity index (χ0n) is 42.8. The van der Waals surface area contributed by atoms with Crippen molar-refractivity contribution >= 4 is 138 Å². The van der Waals surface area contributed by atoms with Gasteiger partial charge in [0.05, 0.1) is 28.3 Å². The lowest BCUT2D eigenvalue weighted by atomic mass is 9.81. The Morgan fingerprint density at radius 1 is 0.364 bits per heavy atom. The normalized spacial score (nSPS) is 13.3. The number of para-hydroxylation sites is 3. The fraction of sp³-hybridized carbons (Fsp3) is 0.0704. The van der Waals surface area contributed by atoms with Crippen molar-refractivity contribution in [2.75, 3.05) is 9.80 Å². The standard InChI is InChI=1S/C71H47N3O3/c1-40-22-26-46(27-23-40)72(59-20-10-16-50-56-34-42-12-5-7-14-44(42)36-61(56)75-68(50)59)48-30-32-52-58(38-48)71(3,4)64-54-18-9-19-55-65(54)74(66(52)64)67-53-33-31-49(39-63(53)77-70(55)67)73(47-28-24-41(2)25-29-47)60-21-11-17-51-57-35-43-13-6-8-15-45(43)37-62(57)76-69(51)60/h5-39H,1-4H3. The van der Waals surface area contributed by atoms with Gasteiger partial charge in [-0.1, -0.05) is 140 Å². The molecule has 77 heavy (non-hydrogen) atoms. The third-order valence-corrected chi connectivity index (χ3v) is 16.9. The molecule has 0 atom stereocenters. The molecule has 0 saturated heterocycles. The van der Waals surface area contributed by atoms with E-state index >= 15 is 0 Å². The SMILES string of the molecule is Cc1ccc(N(c2ccc3c(c2)C(C)(C)c2c-3n3c4c2cccc4c2oc4cc(N(c5ccc(C)cc5)c5cccc6c5oc5cc7ccccc7cc56)ccc4c23)c2cccc3c2oc2cc4ccccc4cc23)cc1. The molecule has 364 valence electrons. The Morgan fingerprint density at radius 3 is 1.42 bits per heavy atom. The van der Waals surface area contributed by atoms with Crippen molar-refractivity contribution in [3.05, 3.63) is 235 Å². The highest BCUT2D eigenvalue weighted by atomic mass is 16.3. The van der Waals surface area contributed by atoms with Gasteiger partial charge in [0.25, 0.3) is 0 Å². The van der Waals surface area contributed by atoms with Crippen molar-refractivity contribution in [1.82, 2.24) is 4.40 Å². The molecule has 0 bridgehead atoms. The first-order chi connectivity index (χ1) is 37.7. The molecule has 0 aliphatic heterocycles. The van der Waals surface area contributed by atoms with E-state index in [0.717, 1.165) is 116 Å². The second-order valence-electron chi connectivity index (χ2n) is 21.8. The highest BCUT2D eigenvalue weighted by Gasteiger charge is 2.42. The summed E-state index contributed by atoms with van der Waals surface area (Å²) in [6, 6.07) is 77.0. The first kappa shape index (κ1) is 42.6. The number of furan rings is 3. The fourth-order valence-electron chi connectivity index (χ4n) is 13.3. The molecular formula is C71H47N3O3. The summed E-state index contributed by atoms with van der Waals surface area (Å²) < 4.78 is 23.4. The summed E-state index contributed by atoms with van der Waals surface area (Å²) >= 11 is 0. The van der Waals surface area contributed by atoms with Crippen LogP contribution in [0.2, 0.25) is 0 Å². The van der Waals surface area contributed by atoms with E-state index in [1.165, 1.54) is 55.2 Å². The van der Waals surface area contributed by atoms with Crippen LogP contribution in [0.5, 0.6) is 0 Å². The maximum absolute atomic E-state index is 7.15. The summed E-state index contributed by atoms with van der Waals surface area (Å²) in [4.78, 5) is 4.69. The lowest BCUT2D eigenvalue weighted by Crippen LogP contribution is -2.16. The summed E-state index contributed by atoms with van der Waals surface area (Å²) in [6.07, 6.45) is 0. The van der Waals surface area contributed by atoms with Gasteiger partial charge in [-0.15, -0.1) is 0 Å². The summed E-state index contributed by atoms with van der Waals surface area (Å²) in [7, 11) is 0. The van der Waals surface area contributed by atoms with Crippen LogP contribution >= 0.6 is 0 Å². The minimum absolute atomic E-state index is 0.337. The van der Waals surface area contributed by atoms with Gasteiger partial charge in [0.15, 0.2) is 16.7 Å². The van der Waals surface area contributed by atoms with Crippen molar-refractivity contribution in [1.29, 1.82) is 0 Å². The first-order valence-corrected chi connectivity index (χ1v) is 26.6. The average Bonchev–Trinajstić information content (AvgIpc) is 4.44. The van der Waals surface area contributed by atoms with Crippen molar-refractivity contribution in [2.45, 2.75) is 33.1 Å². The molecule has 6 nitrogen and oxygen atoms in total. The molecule has 11 aromatic carbocycles. The van der Waals surface area contributed by atoms with Crippen LogP contribution < -0.4 is 9.80 Å². The molecule has 5 heterocycles. The minimum atomic E-state index is -0.337. The molecule has 6 heteroatoms. The van der Waals surface area contributed by atoms with E-state index in [2.05, 4.69) is 254 Å². The van der Waals surface area contributed by atoms with Gasteiger partial charge < -0.3 is 27.5 Å². The molecule has 1 aliphatic carbocycles. The number of aryl methyl sites for hydroxylation is 2. The monoisotopic (exact) mass is 989 g/mol. The topological polar surface area (TPSA) is 50.3 Å². The Balaban J connectivity index is 0.845. The third-order valence-electron chi connectivity index (χ3n) is 16.9. The smallest absolute Gasteiger partial charge is 0.161 e. The second-order valence-corrected chi connectivity index (χ2v) is 21.8. The number of fused-ring (bicyclic) bond motifs is 18. The first-order valence-electron chi connectivity index (χ1n) is 26.6. The molecule has 1 aliphatic rings. The number of anilines is 6. The zero-order valence-corrected chi connectivity index (χ0v) is 42.8. The second kappa shape index (κ2) is 15.2. The summed E-state index contributed by atoms with van der Waals surface area (Å²) in [5.74, 6) is 0. The maximum atomic E-state index is 7.15. The highest BCUT2D eigenvalue weighted by molar-refractivity contribution is 6.23. The van der Waals surface area contributed by atoms with E-state index in [0.29, 0.717) is 0 Å². The maximum Gasteiger partial charge on any atom is 0.161 e. The average molecular weight is 990 g/mol. The molecule has 0 N–H and O–H groups in total. The number of rotatable bonds is 6. The van der Waals surface area contributed by atoms with E-state index in [-0.39, 0.29) is 5.41 Å². The van der Waals surface area contributed by atoms with Crippen LogP contribution in [-0.4, -0.2) is 4.40 Å². The number of hydrogen-bond acceptors (Lipinski definition) is 5. The van der Waals surface area contributed by atoms with Crippen LogP contribution in [0.15, 0.2) is 226 Å². The lowest BCUT2D eigenvalue weighted by molar-refractivity contribution is 0.665. The van der Waals surface area contributed by atoms with Gasteiger partial charge in [-0.25, -0.2) is 0 Å². The fourth-order valence-corrected chi connectivity index (χ4v) is 13.3. The predicted octanol–water partition coefficient (Wildman–Crippen LogP) is 20.4. The lowest BCUT2D eigenvalue weighted by Gasteiger charge is -2.28. The molecular weight excluding hydrogens is 943 g/mol. The van der Waals surface area contributed by atoms with Crippen LogP contribution in [0.1, 0.15) is 36.1 Å². The van der Waals surface area contributed by atoms with Crippen LogP contribution in [0, 0.1) is 13.8 Å². The van der Waals surface area contributed by atoms with Crippen molar-refractivity contribution < 1.29 is 13.3 Å². The largest absolute Gasteiger partial charge is 0.454 e. The quantitative estimate of drug-likeness (QED) is 0.166.